The van der Waals surface area contributed by atoms with E-state index in [-0.39, 0.29) is 0 Å². The molecule has 2 fully saturated rings. The molecule has 1 heteroatoms. The van der Waals surface area contributed by atoms with Crippen LogP contribution in [0.3, 0.4) is 0 Å². The lowest BCUT2D eigenvalue weighted by Gasteiger charge is -2.57. The minimum Gasteiger partial charge on any atom is -0.300 e. The topological polar surface area (TPSA) is 3.24 Å². The summed E-state index contributed by atoms with van der Waals surface area (Å²) in [5.74, 6) is 0.937. The first-order chi connectivity index (χ1) is 5.97. The predicted octanol–water partition coefficient (Wildman–Crippen LogP) is 2.91. The van der Waals surface area contributed by atoms with Gasteiger partial charge in [-0.1, -0.05) is 20.8 Å². The molecular formula is C12H23N. The maximum atomic E-state index is 2.63. The van der Waals surface area contributed by atoms with Gasteiger partial charge in [-0.15, -0.1) is 0 Å². The molecular weight excluding hydrogens is 158 g/mol. The number of hydrogen-bond acceptors (Lipinski definition) is 1. The van der Waals surface area contributed by atoms with Crippen molar-refractivity contribution >= 4 is 0 Å². The molecule has 13 heavy (non-hydrogen) atoms. The van der Waals surface area contributed by atoms with Crippen LogP contribution in [0.2, 0.25) is 0 Å². The second-order valence-corrected chi connectivity index (χ2v) is 6.09. The third-order valence-corrected chi connectivity index (χ3v) is 4.42. The van der Waals surface area contributed by atoms with Gasteiger partial charge in [-0.2, -0.15) is 0 Å². The van der Waals surface area contributed by atoms with Crippen LogP contribution in [0.5, 0.6) is 0 Å². The van der Waals surface area contributed by atoms with E-state index in [1.54, 1.807) is 0 Å². The Morgan fingerprint density at radius 3 is 2.23 bits per heavy atom. The van der Waals surface area contributed by atoms with E-state index in [1.807, 2.05) is 0 Å². The van der Waals surface area contributed by atoms with Crippen LogP contribution in [0.15, 0.2) is 0 Å². The minimum atomic E-state index is 0.511. The van der Waals surface area contributed by atoms with Gasteiger partial charge < -0.3 is 4.90 Å². The van der Waals surface area contributed by atoms with E-state index in [0.29, 0.717) is 11.0 Å². The van der Waals surface area contributed by atoms with E-state index in [9.17, 15) is 0 Å². The second-order valence-electron chi connectivity index (χ2n) is 6.09. The largest absolute Gasteiger partial charge is 0.300 e. The van der Waals surface area contributed by atoms with E-state index < -0.39 is 0 Å². The third kappa shape index (κ3) is 1.24. The number of nitrogens with zero attached hydrogens (tertiary/aromatic N) is 1. The Morgan fingerprint density at radius 1 is 1.23 bits per heavy atom. The van der Waals surface area contributed by atoms with Gasteiger partial charge in [0.05, 0.1) is 0 Å². The molecule has 1 saturated heterocycles. The molecule has 0 aromatic rings. The molecule has 0 amide bonds. The summed E-state index contributed by atoms with van der Waals surface area (Å²) in [5.41, 5.74) is 1.12. The van der Waals surface area contributed by atoms with Crippen LogP contribution in [0.4, 0.5) is 0 Å². The van der Waals surface area contributed by atoms with Gasteiger partial charge in [0, 0.05) is 5.54 Å². The van der Waals surface area contributed by atoms with Gasteiger partial charge in [0.15, 0.2) is 0 Å². The summed E-state index contributed by atoms with van der Waals surface area (Å²) in [5, 5.41) is 0. The average molecular weight is 181 g/mol. The highest BCUT2D eigenvalue weighted by Gasteiger charge is 2.55. The molecule has 2 rings (SSSR count). The molecule has 0 bridgehead atoms. The first kappa shape index (κ1) is 9.51. The quantitative estimate of drug-likeness (QED) is 0.555. The molecule has 1 saturated carbocycles. The molecule has 1 aliphatic heterocycles. The zero-order valence-corrected chi connectivity index (χ0v) is 9.56. The summed E-state index contributed by atoms with van der Waals surface area (Å²) < 4.78 is 0. The molecule has 0 aromatic carbocycles. The molecule has 1 aliphatic carbocycles. The summed E-state index contributed by atoms with van der Waals surface area (Å²) in [7, 11) is 2.32. The highest BCUT2D eigenvalue weighted by atomic mass is 15.2. The third-order valence-electron chi connectivity index (χ3n) is 4.42. The first-order valence-corrected chi connectivity index (χ1v) is 5.68. The minimum absolute atomic E-state index is 0.511. The summed E-state index contributed by atoms with van der Waals surface area (Å²) in [6.07, 6.45) is 5.77. The van der Waals surface area contributed by atoms with Crippen LogP contribution in [0, 0.1) is 11.3 Å². The second kappa shape index (κ2) is 2.73. The van der Waals surface area contributed by atoms with E-state index in [1.165, 1.54) is 32.2 Å². The Balaban J connectivity index is 2.16. The fourth-order valence-electron chi connectivity index (χ4n) is 3.65. The van der Waals surface area contributed by atoms with Crippen LogP contribution in [0.25, 0.3) is 0 Å². The lowest BCUT2D eigenvalue weighted by molar-refractivity contribution is -0.0574. The molecule has 1 heterocycles. The fraction of sp³-hybridized carbons (Fsp3) is 1.00. The van der Waals surface area contributed by atoms with Gasteiger partial charge in [-0.3, -0.25) is 0 Å². The number of hydrogen-bond donors (Lipinski definition) is 0. The monoisotopic (exact) mass is 181 g/mol. The van der Waals surface area contributed by atoms with Gasteiger partial charge >= 0.3 is 0 Å². The number of rotatable bonds is 0. The first-order valence-electron chi connectivity index (χ1n) is 5.68. The SMILES string of the molecule is CN1CCC[C@@]12CCC2C(C)(C)C. The van der Waals surface area contributed by atoms with Gasteiger partial charge in [-0.05, 0) is 50.6 Å². The van der Waals surface area contributed by atoms with Crippen LogP contribution in [-0.2, 0) is 0 Å². The van der Waals surface area contributed by atoms with E-state index >= 15 is 0 Å². The number of likely N-dealkylation sites (tertiary alicyclic amines) is 1. The maximum Gasteiger partial charge on any atom is 0.0240 e. The Hall–Kier alpha value is -0.0400. The molecule has 1 unspecified atom stereocenters. The van der Waals surface area contributed by atoms with Crippen LogP contribution < -0.4 is 0 Å². The highest BCUT2D eigenvalue weighted by Crippen LogP contribution is 2.55. The molecule has 1 nitrogen and oxygen atoms in total. The molecule has 0 radical (unpaired) electrons. The Labute approximate surface area is 82.5 Å². The fourth-order valence-corrected chi connectivity index (χ4v) is 3.65. The summed E-state index contributed by atoms with van der Waals surface area (Å²) >= 11 is 0. The zero-order valence-electron chi connectivity index (χ0n) is 9.56. The van der Waals surface area contributed by atoms with Crippen LogP contribution in [-0.4, -0.2) is 24.0 Å². The zero-order chi connectivity index (χ0) is 9.69. The molecule has 2 atom stereocenters. The Morgan fingerprint density at radius 2 is 1.92 bits per heavy atom. The summed E-state index contributed by atoms with van der Waals surface area (Å²) in [4.78, 5) is 2.63. The summed E-state index contributed by atoms with van der Waals surface area (Å²) in [6, 6.07) is 0. The molecule has 1 spiro atoms. The molecule has 0 N–H and O–H groups in total. The van der Waals surface area contributed by atoms with Gasteiger partial charge in [-0.25, -0.2) is 0 Å². The van der Waals surface area contributed by atoms with Crippen molar-refractivity contribution in [2.45, 2.75) is 52.0 Å². The lowest BCUT2D eigenvalue weighted by atomic mass is 9.55. The molecule has 76 valence electrons. The van der Waals surface area contributed by atoms with Crippen molar-refractivity contribution in [1.29, 1.82) is 0 Å². The van der Waals surface area contributed by atoms with Crippen LogP contribution in [0.1, 0.15) is 46.5 Å². The lowest BCUT2D eigenvalue weighted by Crippen LogP contribution is -2.59. The van der Waals surface area contributed by atoms with E-state index in [2.05, 4.69) is 32.7 Å². The molecule has 2 aliphatic rings. The average Bonchev–Trinajstić information content (AvgIpc) is 2.26. The van der Waals surface area contributed by atoms with Crippen molar-refractivity contribution in [1.82, 2.24) is 4.90 Å². The van der Waals surface area contributed by atoms with E-state index in [0.717, 1.165) is 5.92 Å². The van der Waals surface area contributed by atoms with Gasteiger partial charge in [0.2, 0.25) is 0 Å². The summed E-state index contributed by atoms with van der Waals surface area (Å²) in [6.45, 7) is 8.55. The normalized spacial score (nSPS) is 41.1. The van der Waals surface area contributed by atoms with Crippen molar-refractivity contribution < 1.29 is 0 Å². The van der Waals surface area contributed by atoms with Crippen molar-refractivity contribution in [3.63, 3.8) is 0 Å². The molecule has 0 aromatic heterocycles. The smallest absolute Gasteiger partial charge is 0.0240 e. The van der Waals surface area contributed by atoms with Gasteiger partial charge in [0.1, 0.15) is 0 Å². The maximum absolute atomic E-state index is 2.63. The van der Waals surface area contributed by atoms with E-state index in [4.69, 9.17) is 0 Å². The standard InChI is InChI=1S/C12H23N/c1-11(2,3)10-6-8-12(10)7-5-9-13(12)4/h10H,5-9H2,1-4H3/t10?,12-/m0/s1. The van der Waals surface area contributed by atoms with Crippen molar-refractivity contribution in [2.24, 2.45) is 11.3 Å². The Kier molecular flexibility index (Phi) is 1.99. The Bertz CT molecular complexity index is 204. The predicted molar refractivity (Wildman–Crippen MR) is 56.8 cm³/mol. The van der Waals surface area contributed by atoms with Crippen molar-refractivity contribution in [3.8, 4) is 0 Å². The van der Waals surface area contributed by atoms with Crippen molar-refractivity contribution in [3.05, 3.63) is 0 Å². The van der Waals surface area contributed by atoms with Crippen molar-refractivity contribution in [2.75, 3.05) is 13.6 Å². The van der Waals surface area contributed by atoms with Crippen LogP contribution >= 0.6 is 0 Å². The van der Waals surface area contributed by atoms with Gasteiger partial charge in [0.25, 0.3) is 0 Å². The highest BCUT2D eigenvalue weighted by molar-refractivity contribution is 5.09.